The lowest BCUT2D eigenvalue weighted by Crippen LogP contribution is -2.14. The van der Waals surface area contributed by atoms with Crippen molar-refractivity contribution in [3.63, 3.8) is 0 Å². The van der Waals surface area contributed by atoms with Gasteiger partial charge in [-0.05, 0) is 42.0 Å². The van der Waals surface area contributed by atoms with Gasteiger partial charge in [0.15, 0.2) is 0 Å². The number of hydrogen-bond donors (Lipinski definition) is 2. The molecule has 170 valence electrons. The number of para-hydroxylation sites is 2. The Morgan fingerprint density at radius 1 is 0.939 bits per heavy atom. The van der Waals surface area contributed by atoms with Crippen LogP contribution in [0.3, 0.4) is 0 Å². The lowest BCUT2D eigenvalue weighted by molar-refractivity contribution is -0.384. The molecule has 0 aliphatic rings. The number of non-ortho nitro benzene ring substituents is 1. The van der Waals surface area contributed by atoms with Crippen molar-refractivity contribution in [3.05, 3.63) is 92.5 Å². The van der Waals surface area contributed by atoms with E-state index in [9.17, 15) is 28.6 Å². The summed E-state index contributed by atoms with van der Waals surface area (Å²) in [6, 6.07) is 15.1. The first-order valence-corrected chi connectivity index (χ1v) is 10.7. The van der Waals surface area contributed by atoms with Gasteiger partial charge in [0.25, 0.3) is 21.4 Å². The summed E-state index contributed by atoms with van der Waals surface area (Å²) < 4.78 is 32.9. The minimum Gasteiger partial charge on any atom is -0.495 e. The van der Waals surface area contributed by atoms with Gasteiger partial charge in [0.2, 0.25) is 0 Å². The molecule has 3 aromatic rings. The van der Waals surface area contributed by atoms with E-state index in [1.54, 1.807) is 18.2 Å². The monoisotopic (exact) mass is 471 g/mol. The number of nitro groups is 2. The predicted octanol–water partition coefficient (Wildman–Crippen LogP) is 3.76. The van der Waals surface area contributed by atoms with Crippen LogP contribution in [0.15, 0.2) is 76.7 Å². The number of ether oxygens (including phenoxy) is 1. The molecule has 2 N–H and O–H groups in total. The third-order valence-electron chi connectivity index (χ3n) is 4.33. The van der Waals surface area contributed by atoms with E-state index in [2.05, 4.69) is 15.2 Å². The molecule has 13 heteroatoms. The molecule has 0 amide bonds. The van der Waals surface area contributed by atoms with Crippen molar-refractivity contribution in [1.29, 1.82) is 0 Å². The summed E-state index contributed by atoms with van der Waals surface area (Å²) in [6.45, 7) is 0. The molecule has 0 unspecified atom stereocenters. The molecule has 12 nitrogen and oxygen atoms in total. The Morgan fingerprint density at radius 2 is 1.64 bits per heavy atom. The van der Waals surface area contributed by atoms with Crippen molar-refractivity contribution in [3.8, 4) is 5.75 Å². The summed E-state index contributed by atoms with van der Waals surface area (Å²) in [4.78, 5) is 20.6. The van der Waals surface area contributed by atoms with E-state index >= 15 is 0 Å². The summed E-state index contributed by atoms with van der Waals surface area (Å²) in [7, 11) is -2.76. The molecule has 33 heavy (non-hydrogen) atoms. The molecule has 0 fully saturated rings. The zero-order valence-electron chi connectivity index (χ0n) is 17.0. The van der Waals surface area contributed by atoms with Crippen molar-refractivity contribution in [2.45, 2.75) is 4.90 Å². The first-order chi connectivity index (χ1) is 15.7. The quantitative estimate of drug-likeness (QED) is 0.270. The van der Waals surface area contributed by atoms with Crippen LogP contribution in [0.5, 0.6) is 5.75 Å². The number of rotatable bonds is 9. The van der Waals surface area contributed by atoms with Crippen LogP contribution in [0.1, 0.15) is 5.56 Å². The summed E-state index contributed by atoms with van der Waals surface area (Å²) in [5, 5.41) is 26.1. The highest BCUT2D eigenvalue weighted by atomic mass is 32.2. The van der Waals surface area contributed by atoms with Crippen molar-refractivity contribution >= 4 is 39.0 Å². The Morgan fingerprint density at radius 3 is 2.27 bits per heavy atom. The Labute approximate surface area is 187 Å². The molecule has 0 aliphatic carbocycles. The largest absolute Gasteiger partial charge is 0.495 e. The Kier molecular flexibility index (Phi) is 6.83. The number of hydrazone groups is 1. The molecule has 0 heterocycles. The van der Waals surface area contributed by atoms with Crippen LogP contribution in [0.4, 0.5) is 22.7 Å². The second-order valence-electron chi connectivity index (χ2n) is 6.46. The fraction of sp³-hybridized carbons (Fsp3) is 0.0500. The van der Waals surface area contributed by atoms with Gasteiger partial charge in [-0.2, -0.15) is 5.10 Å². The molecule has 0 bridgehead atoms. The third-order valence-corrected chi connectivity index (χ3v) is 5.69. The van der Waals surface area contributed by atoms with E-state index < -0.39 is 25.6 Å². The normalized spacial score (nSPS) is 11.2. The Balaban J connectivity index is 1.82. The van der Waals surface area contributed by atoms with Crippen molar-refractivity contribution in [1.82, 2.24) is 0 Å². The van der Waals surface area contributed by atoms with E-state index in [1.165, 1.54) is 55.8 Å². The Bertz CT molecular complexity index is 1320. The summed E-state index contributed by atoms with van der Waals surface area (Å²) >= 11 is 0. The first-order valence-electron chi connectivity index (χ1n) is 9.19. The minimum absolute atomic E-state index is 0.0468. The van der Waals surface area contributed by atoms with Gasteiger partial charge >= 0.3 is 0 Å². The lowest BCUT2D eigenvalue weighted by Gasteiger charge is -2.12. The molecule has 3 aromatic carbocycles. The maximum atomic E-state index is 12.7. The number of benzene rings is 3. The standard InChI is InChI=1S/C20H17N5O7S/c1-32-20-5-3-2-4-18(20)23-33(30,31)16-10-11-17(19(12-16)25(28)29)22-21-13-14-6-8-15(9-7-14)24(26)27/h2-13,22-23H,1H3. The minimum atomic E-state index is -4.15. The highest BCUT2D eigenvalue weighted by molar-refractivity contribution is 7.92. The number of anilines is 2. The maximum Gasteiger partial charge on any atom is 0.295 e. The van der Waals surface area contributed by atoms with E-state index in [0.717, 1.165) is 6.07 Å². The van der Waals surface area contributed by atoms with Crippen molar-refractivity contribution in [2.24, 2.45) is 5.10 Å². The fourth-order valence-electron chi connectivity index (χ4n) is 2.72. The highest BCUT2D eigenvalue weighted by Crippen LogP contribution is 2.30. The van der Waals surface area contributed by atoms with Crippen LogP contribution in [0, 0.1) is 20.2 Å². The van der Waals surface area contributed by atoms with Gasteiger partial charge in [-0.3, -0.25) is 30.4 Å². The highest BCUT2D eigenvalue weighted by Gasteiger charge is 2.22. The van der Waals surface area contributed by atoms with Gasteiger partial charge < -0.3 is 4.74 Å². The van der Waals surface area contributed by atoms with E-state index in [4.69, 9.17) is 4.74 Å². The smallest absolute Gasteiger partial charge is 0.295 e. The van der Waals surface area contributed by atoms with Gasteiger partial charge in [0.05, 0.1) is 33.8 Å². The number of nitro benzene ring substituents is 2. The van der Waals surface area contributed by atoms with E-state index in [1.807, 2.05) is 0 Å². The number of nitrogens with zero attached hydrogens (tertiary/aromatic N) is 3. The molecule has 0 atom stereocenters. The predicted molar refractivity (Wildman–Crippen MR) is 121 cm³/mol. The van der Waals surface area contributed by atoms with Crippen molar-refractivity contribution in [2.75, 3.05) is 17.3 Å². The average Bonchev–Trinajstić information content (AvgIpc) is 2.79. The molecule has 0 aromatic heterocycles. The van der Waals surface area contributed by atoms with Crippen LogP contribution >= 0.6 is 0 Å². The van der Waals surface area contributed by atoms with Gasteiger partial charge in [0, 0.05) is 18.2 Å². The van der Waals surface area contributed by atoms with E-state index in [0.29, 0.717) is 5.56 Å². The molecule has 0 radical (unpaired) electrons. The van der Waals surface area contributed by atoms with Crippen LogP contribution in [-0.2, 0) is 10.0 Å². The van der Waals surface area contributed by atoms with Gasteiger partial charge in [0.1, 0.15) is 11.4 Å². The van der Waals surface area contributed by atoms with Crippen LogP contribution in [0.2, 0.25) is 0 Å². The molecular weight excluding hydrogens is 454 g/mol. The van der Waals surface area contributed by atoms with Gasteiger partial charge in [-0.15, -0.1) is 0 Å². The molecular formula is C20H17N5O7S. The van der Waals surface area contributed by atoms with Crippen LogP contribution in [-0.4, -0.2) is 31.6 Å². The zero-order valence-corrected chi connectivity index (χ0v) is 17.9. The Hall–Kier alpha value is -4.52. The topological polar surface area (TPSA) is 166 Å². The zero-order chi connectivity index (χ0) is 24.0. The molecule has 0 spiro atoms. The lowest BCUT2D eigenvalue weighted by atomic mass is 10.2. The number of methoxy groups -OCH3 is 1. The van der Waals surface area contributed by atoms with Crippen LogP contribution < -0.4 is 14.9 Å². The maximum absolute atomic E-state index is 12.7. The average molecular weight is 471 g/mol. The van der Waals surface area contributed by atoms with Gasteiger partial charge in [-0.25, -0.2) is 8.42 Å². The number of hydrogen-bond acceptors (Lipinski definition) is 9. The number of nitrogens with one attached hydrogen (secondary N) is 2. The molecule has 0 saturated carbocycles. The van der Waals surface area contributed by atoms with Crippen LogP contribution in [0.25, 0.3) is 0 Å². The summed E-state index contributed by atoms with van der Waals surface area (Å²) in [6.07, 6.45) is 1.31. The van der Waals surface area contributed by atoms with Gasteiger partial charge in [-0.1, -0.05) is 12.1 Å². The number of sulfonamides is 1. The molecule has 0 saturated heterocycles. The first kappa shape index (κ1) is 23.1. The summed E-state index contributed by atoms with van der Waals surface area (Å²) in [5.41, 5.74) is 2.52. The second kappa shape index (κ2) is 9.74. The molecule has 3 rings (SSSR count). The fourth-order valence-corrected chi connectivity index (χ4v) is 3.81. The van der Waals surface area contributed by atoms with Crippen molar-refractivity contribution < 1.29 is 23.0 Å². The second-order valence-corrected chi connectivity index (χ2v) is 8.14. The third kappa shape index (κ3) is 5.59. The summed E-state index contributed by atoms with van der Waals surface area (Å²) in [5.74, 6) is 0.287. The molecule has 0 aliphatic heterocycles. The SMILES string of the molecule is COc1ccccc1NS(=O)(=O)c1ccc(NN=Cc2ccc([N+](=O)[O-])cc2)c([N+](=O)[O-])c1. The van der Waals surface area contributed by atoms with E-state index in [-0.39, 0.29) is 27.7 Å².